The second-order valence-electron chi connectivity index (χ2n) is 5.69. The first-order valence-corrected chi connectivity index (χ1v) is 9.05. The van der Waals surface area contributed by atoms with Crippen molar-refractivity contribution in [3.8, 4) is 17.6 Å². The average Bonchev–Trinajstić information content (AvgIpc) is 3.07. The van der Waals surface area contributed by atoms with Gasteiger partial charge in [-0.3, -0.25) is 0 Å². The Morgan fingerprint density at radius 2 is 2.04 bits per heavy atom. The summed E-state index contributed by atoms with van der Waals surface area (Å²) in [6.45, 7) is 0.609. The molecule has 0 aliphatic heterocycles. The van der Waals surface area contributed by atoms with E-state index in [4.69, 9.17) is 5.26 Å². The molecule has 0 unspecified atom stereocenters. The predicted octanol–water partition coefficient (Wildman–Crippen LogP) is 4.24. The van der Waals surface area contributed by atoms with E-state index in [2.05, 4.69) is 16.2 Å². The van der Waals surface area contributed by atoms with Gasteiger partial charge in [0.1, 0.15) is 11.5 Å². The SMILES string of the molecule is N#CCCCCN(N=Cc1cc(O)ccc1O)c1nc2ccccc2s1. The molecule has 2 aromatic carbocycles. The number of hydrogen-bond acceptors (Lipinski definition) is 7. The molecule has 1 heterocycles. The molecule has 0 spiro atoms. The minimum atomic E-state index is 0.0419. The Morgan fingerprint density at radius 3 is 2.85 bits per heavy atom. The number of nitrogens with zero attached hydrogens (tertiary/aromatic N) is 4. The highest BCUT2D eigenvalue weighted by Gasteiger charge is 2.11. The molecule has 26 heavy (non-hydrogen) atoms. The molecule has 0 aliphatic carbocycles. The molecular weight excluding hydrogens is 348 g/mol. The fourth-order valence-corrected chi connectivity index (χ4v) is 3.37. The predicted molar refractivity (Wildman–Crippen MR) is 104 cm³/mol. The van der Waals surface area contributed by atoms with Crippen molar-refractivity contribution in [1.29, 1.82) is 5.26 Å². The van der Waals surface area contributed by atoms with Crippen molar-refractivity contribution in [3.63, 3.8) is 0 Å². The van der Waals surface area contributed by atoms with E-state index in [9.17, 15) is 10.2 Å². The summed E-state index contributed by atoms with van der Waals surface area (Å²) in [6.07, 6.45) is 3.59. The molecular formula is C19H18N4O2S. The van der Waals surface area contributed by atoms with Gasteiger partial charge in [-0.1, -0.05) is 23.5 Å². The number of phenolic OH excluding ortho intramolecular Hbond substituents is 2. The summed E-state index contributed by atoms with van der Waals surface area (Å²) in [5.41, 5.74) is 1.33. The van der Waals surface area contributed by atoms with Gasteiger partial charge in [-0.25, -0.2) is 9.99 Å². The summed E-state index contributed by atoms with van der Waals surface area (Å²) >= 11 is 1.54. The van der Waals surface area contributed by atoms with Crippen molar-refractivity contribution < 1.29 is 10.2 Å². The minimum absolute atomic E-state index is 0.0419. The summed E-state index contributed by atoms with van der Waals surface area (Å²) in [4.78, 5) is 4.62. The number of hydrazone groups is 1. The maximum atomic E-state index is 9.91. The molecule has 0 aliphatic rings. The van der Waals surface area contributed by atoms with Crippen LogP contribution in [-0.2, 0) is 0 Å². The van der Waals surface area contributed by atoms with E-state index in [-0.39, 0.29) is 11.5 Å². The van der Waals surface area contributed by atoms with Gasteiger partial charge < -0.3 is 10.2 Å². The van der Waals surface area contributed by atoms with Crippen LogP contribution in [0.1, 0.15) is 24.8 Å². The number of phenols is 2. The lowest BCUT2D eigenvalue weighted by atomic mass is 10.2. The van der Waals surface area contributed by atoms with Crippen LogP contribution in [0.5, 0.6) is 11.5 Å². The van der Waals surface area contributed by atoms with E-state index in [0.717, 1.165) is 28.2 Å². The molecule has 3 aromatic rings. The van der Waals surface area contributed by atoms with E-state index in [0.29, 0.717) is 18.5 Å². The molecule has 0 saturated heterocycles. The fraction of sp³-hybridized carbons (Fsp3) is 0.211. The van der Waals surface area contributed by atoms with Crippen molar-refractivity contribution in [2.24, 2.45) is 5.10 Å². The lowest BCUT2D eigenvalue weighted by Gasteiger charge is -2.15. The number of unbranched alkanes of at least 4 members (excludes halogenated alkanes) is 2. The van der Waals surface area contributed by atoms with Gasteiger partial charge in [0, 0.05) is 18.5 Å². The van der Waals surface area contributed by atoms with Gasteiger partial charge in [-0.15, -0.1) is 0 Å². The number of anilines is 1. The molecule has 0 radical (unpaired) electrons. The average molecular weight is 366 g/mol. The zero-order valence-electron chi connectivity index (χ0n) is 14.0. The minimum Gasteiger partial charge on any atom is -0.508 e. The number of para-hydroxylation sites is 1. The maximum absolute atomic E-state index is 9.91. The molecule has 2 N–H and O–H groups in total. The van der Waals surface area contributed by atoms with Gasteiger partial charge in [0.15, 0.2) is 0 Å². The van der Waals surface area contributed by atoms with Gasteiger partial charge in [0.2, 0.25) is 5.13 Å². The maximum Gasteiger partial charge on any atom is 0.207 e. The van der Waals surface area contributed by atoms with E-state index in [1.807, 2.05) is 24.3 Å². The Labute approximate surface area is 155 Å². The van der Waals surface area contributed by atoms with Crippen LogP contribution < -0.4 is 5.01 Å². The van der Waals surface area contributed by atoms with Crippen LogP contribution in [0.3, 0.4) is 0 Å². The number of rotatable bonds is 7. The highest BCUT2D eigenvalue weighted by atomic mass is 32.1. The molecule has 0 atom stereocenters. The number of hydrogen-bond donors (Lipinski definition) is 2. The zero-order valence-corrected chi connectivity index (χ0v) is 14.9. The van der Waals surface area contributed by atoms with Crippen LogP contribution in [0.25, 0.3) is 10.2 Å². The quantitative estimate of drug-likeness (QED) is 0.282. The number of fused-ring (bicyclic) bond motifs is 1. The van der Waals surface area contributed by atoms with Crippen LogP contribution in [-0.4, -0.2) is 28.0 Å². The van der Waals surface area contributed by atoms with Gasteiger partial charge in [-0.2, -0.15) is 10.4 Å². The lowest BCUT2D eigenvalue weighted by molar-refractivity contribution is 0.459. The molecule has 0 fully saturated rings. The van der Waals surface area contributed by atoms with Crippen LogP contribution in [0.2, 0.25) is 0 Å². The van der Waals surface area contributed by atoms with Gasteiger partial charge in [0.25, 0.3) is 0 Å². The van der Waals surface area contributed by atoms with Crippen molar-refractivity contribution in [3.05, 3.63) is 48.0 Å². The Hall–Kier alpha value is -3.11. The normalized spacial score (nSPS) is 11.0. The van der Waals surface area contributed by atoms with Crippen molar-refractivity contribution in [2.45, 2.75) is 19.3 Å². The summed E-state index contributed by atoms with van der Waals surface area (Å²) < 4.78 is 1.07. The number of aromatic hydroxyl groups is 2. The fourth-order valence-electron chi connectivity index (χ4n) is 2.42. The second-order valence-corrected chi connectivity index (χ2v) is 6.70. The first kappa shape index (κ1) is 17.7. The van der Waals surface area contributed by atoms with Crippen molar-refractivity contribution >= 4 is 32.9 Å². The largest absolute Gasteiger partial charge is 0.508 e. The molecule has 132 valence electrons. The Bertz CT molecular complexity index is 929. The lowest BCUT2D eigenvalue weighted by Crippen LogP contribution is -2.18. The smallest absolute Gasteiger partial charge is 0.207 e. The number of benzene rings is 2. The van der Waals surface area contributed by atoms with E-state index in [1.54, 1.807) is 5.01 Å². The van der Waals surface area contributed by atoms with E-state index < -0.39 is 0 Å². The number of thiazole rings is 1. The Balaban J connectivity index is 1.86. The third-order valence-electron chi connectivity index (χ3n) is 3.76. The topological polar surface area (TPSA) is 92.7 Å². The summed E-state index contributed by atoms with van der Waals surface area (Å²) in [5, 5.41) is 35.2. The Morgan fingerprint density at radius 1 is 1.19 bits per heavy atom. The van der Waals surface area contributed by atoms with Gasteiger partial charge >= 0.3 is 0 Å². The molecule has 3 rings (SSSR count). The van der Waals surface area contributed by atoms with E-state index in [1.165, 1.54) is 35.8 Å². The van der Waals surface area contributed by atoms with Gasteiger partial charge in [-0.05, 0) is 43.2 Å². The Kier molecular flexibility index (Phi) is 5.66. The molecule has 1 aromatic heterocycles. The standard InChI is InChI=1S/C19H18N4O2S/c20-10-4-1-5-11-23(19-22-16-6-2-3-7-18(16)26-19)21-13-14-12-15(24)8-9-17(14)25/h2-3,6-9,12-13,24-25H,1,4-5,11H2. The summed E-state index contributed by atoms with van der Waals surface area (Å²) in [7, 11) is 0. The molecule has 7 heteroatoms. The highest BCUT2D eigenvalue weighted by molar-refractivity contribution is 7.22. The first-order chi connectivity index (χ1) is 12.7. The van der Waals surface area contributed by atoms with Crippen LogP contribution in [0, 0.1) is 11.3 Å². The highest BCUT2D eigenvalue weighted by Crippen LogP contribution is 2.29. The van der Waals surface area contributed by atoms with Crippen LogP contribution >= 0.6 is 11.3 Å². The van der Waals surface area contributed by atoms with Crippen LogP contribution in [0.4, 0.5) is 5.13 Å². The number of aromatic nitrogens is 1. The molecule has 0 amide bonds. The molecule has 0 saturated carbocycles. The second kappa shape index (κ2) is 8.32. The molecule has 6 nitrogen and oxygen atoms in total. The third-order valence-corrected chi connectivity index (χ3v) is 4.81. The van der Waals surface area contributed by atoms with Crippen molar-refractivity contribution in [2.75, 3.05) is 11.6 Å². The van der Waals surface area contributed by atoms with Crippen molar-refractivity contribution in [1.82, 2.24) is 4.98 Å². The van der Waals surface area contributed by atoms with Crippen LogP contribution in [0.15, 0.2) is 47.6 Å². The van der Waals surface area contributed by atoms with E-state index >= 15 is 0 Å². The third kappa shape index (κ3) is 4.29. The number of nitriles is 1. The zero-order chi connectivity index (χ0) is 18.4. The molecule has 0 bridgehead atoms. The first-order valence-electron chi connectivity index (χ1n) is 8.23. The monoisotopic (exact) mass is 366 g/mol. The summed E-state index contributed by atoms with van der Waals surface area (Å²) in [6, 6.07) is 14.3. The van der Waals surface area contributed by atoms with Gasteiger partial charge in [0.05, 0.1) is 22.5 Å². The summed E-state index contributed by atoms with van der Waals surface area (Å²) in [5.74, 6) is 0.102.